The van der Waals surface area contributed by atoms with Gasteiger partial charge >= 0.3 is 25.7 Å². The van der Waals surface area contributed by atoms with Gasteiger partial charge in [0.2, 0.25) is 0 Å². The summed E-state index contributed by atoms with van der Waals surface area (Å²) in [6.45, 7) is 4.51. The summed E-state index contributed by atoms with van der Waals surface area (Å²) in [5.41, 5.74) is 0. The molecule has 0 aromatic heterocycles. The largest absolute Gasteiger partial charge is 0.472 e. The number of carbonyl (C=O) groups is 3. The Morgan fingerprint density at radius 2 is 0.684 bits per heavy atom. The predicted molar refractivity (Wildman–Crippen MR) is 316 cm³/mol. The second kappa shape index (κ2) is 58.3. The molecule has 0 aromatic carbocycles. The van der Waals surface area contributed by atoms with E-state index in [1.165, 1.54) is 141 Å². The van der Waals surface area contributed by atoms with Crippen LogP contribution in [0.15, 0.2) is 60.8 Å². The number of rotatable bonds is 58. The minimum Gasteiger partial charge on any atom is -0.462 e. The lowest BCUT2D eigenvalue weighted by molar-refractivity contribution is -0.161. The molecule has 0 spiro atoms. The number of hydrogen-bond donors (Lipinski definition) is 2. The average molecular weight is 1090 g/mol. The summed E-state index contributed by atoms with van der Waals surface area (Å²) >= 11 is 0. The third-order valence-electron chi connectivity index (χ3n) is 13.4. The van der Waals surface area contributed by atoms with E-state index in [1.54, 1.807) is 0 Å². The van der Waals surface area contributed by atoms with Crippen molar-refractivity contribution in [1.82, 2.24) is 0 Å². The lowest BCUT2D eigenvalue weighted by atomic mass is 10.0. The van der Waals surface area contributed by atoms with Crippen molar-refractivity contribution in [3.8, 4) is 0 Å². The minimum atomic E-state index is -4.76. The van der Waals surface area contributed by atoms with Crippen molar-refractivity contribution >= 4 is 25.7 Å². The van der Waals surface area contributed by atoms with Crippen molar-refractivity contribution < 1.29 is 52.2 Å². The fraction of sp³-hybridized carbons (Fsp3) is 0.797. The van der Waals surface area contributed by atoms with Gasteiger partial charge < -0.3 is 24.2 Å². The number of ether oxygens (including phenoxy) is 3. The Hall–Kier alpha value is -2.82. The van der Waals surface area contributed by atoms with Gasteiger partial charge in [0.15, 0.2) is 6.10 Å². The van der Waals surface area contributed by atoms with Crippen LogP contribution in [0.25, 0.3) is 0 Å². The number of phosphoric acid groups is 1. The number of carbonyl (C=O) groups excluding carboxylic acids is 3. The molecule has 0 aliphatic carbocycles. The van der Waals surface area contributed by atoms with Crippen LogP contribution in [0.5, 0.6) is 0 Å². The van der Waals surface area contributed by atoms with Gasteiger partial charge in [0.25, 0.3) is 0 Å². The highest BCUT2D eigenvalue weighted by Crippen LogP contribution is 2.43. The molecule has 0 bridgehead atoms. The Bertz CT molecular complexity index is 1510. The van der Waals surface area contributed by atoms with Gasteiger partial charge in [0.1, 0.15) is 12.7 Å². The Morgan fingerprint density at radius 1 is 0.382 bits per heavy atom. The number of aliphatic hydroxyl groups is 1. The van der Waals surface area contributed by atoms with Crippen molar-refractivity contribution in [2.45, 2.75) is 303 Å². The smallest absolute Gasteiger partial charge is 0.462 e. The molecule has 2 N–H and O–H groups in total. The van der Waals surface area contributed by atoms with Gasteiger partial charge in [-0.1, -0.05) is 248 Å². The van der Waals surface area contributed by atoms with E-state index in [0.717, 1.165) is 89.9 Å². The van der Waals surface area contributed by atoms with Crippen LogP contribution in [0.4, 0.5) is 0 Å². The first kappa shape index (κ1) is 73.2. The zero-order valence-electron chi connectivity index (χ0n) is 49.0. The van der Waals surface area contributed by atoms with Crippen LogP contribution in [0.2, 0.25) is 0 Å². The number of esters is 3. The highest BCUT2D eigenvalue weighted by atomic mass is 31.2. The fourth-order valence-electron chi connectivity index (χ4n) is 8.70. The molecule has 0 saturated carbocycles. The number of allylic oxidation sites excluding steroid dienone is 10. The molecule has 76 heavy (non-hydrogen) atoms. The molecule has 0 aliphatic rings. The SMILES string of the molecule is CC/C=C\C/C=C\C/C=C\CCCCCC(=O)OC(CO)COP(=O)(O)OCC(COC(=O)CCCCCCCCC/C=C\C/C=C\CCCCC)OC(=O)CCCCCCCCCCCCCCCCCCCCC. The van der Waals surface area contributed by atoms with E-state index in [4.69, 9.17) is 23.3 Å². The summed E-state index contributed by atoms with van der Waals surface area (Å²) in [6, 6.07) is 0. The fourth-order valence-corrected chi connectivity index (χ4v) is 9.48. The zero-order chi connectivity index (χ0) is 55.5. The Morgan fingerprint density at radius 3 is 1.09 bits per heavy atom. The molecule has 0 saturated heterocycles. The van der Waals surface area contributed by atoms with Crippen molar-refractivity contribution in [2.24, 2.45) is 0 Å². The quantitative estimate of drug-likeness (QED) is 0.0197. The van der Waals surface area contributed by atoms with Crippen molar-refractivity contribution in [2.75, 3.05) is 26.4 Å². The van der Waals surface area contributed by atoms with Crippen LogP contribution in [0, 0.1) is 0 Å². The lowest BCUT2D eigenvalue weighted by Gasteiger charge is -2.21. The molecule has 0 aromatic rings. The molecular weight excluding hydrogens is 976 g/mol. The van der Waals surface area contributed by atoms with Crippen molar-refractivity contribution in [1.29, 1.82) is 0 Å². The van der Waals surface area contributed by atoms with Crippen LogP contribution in [-0.2, 0) is 42.2 Å². The second-order valence-electron chi connectivity index (χ2n) is 20.8. The third kappa shape index (κ3) is 55.9. The summed E-state index contributed by atoms with van der Waals surface area (Å²) in [5, 5.41) is 9.82. The number of hydrogen-bond acceptors (Lipinski definition) is 10. The molecule has 0 amide bonds. The van der Waals surface area contributed by atoms with Gasteiger partial charge in [-0.15, -0.1) is 0 Å². The predicted octanol–water partition coefficient (Wildman–Crippen LogP) is 18.7. The van der Waals surface area contributed by atoms with E-state index in [9.17, 15) is 28.9 Å². The molecular formula is C64H115O11P. The molecule has 11 nitrogen and oxygen atoms in total. The van der Waals surface area contributed by atoms with Crippen LogP contribution in [0.1, 0.15) is 290 Å². The Balaban J connectivity index is 4.71. The Labute approximate surface area is 465 Å². The van der Waals surface area contributed by atoms with Crippen LogP contribution in [0.3, 0.4) is 0 Å². The molecule has 0 fully saturated rings. The molecule has 0 aliphatic heterocycles. The summed E-state index contributed by atoms with van der Waals surface area (Å²) in [7, 11) is -4.76. The highest BCUT2D eigenvalue weighted by molar-refractivity contribution is 7.47. The Kier molecular flexibility index (Phi) is 56.2. The van der Waals surface area contributed by atoms with E-state index in [0.29, 0.717) is 19.3 Å². The van der Waals surface area contributed by atoms with Crippen LogP contribution in [-0.4, -0.2) is 66.5 Å². The maximum Gasteiger partial charge on any atom is 0.472 e. The third-order valence-corrected chi connectivity index (χ3v) is 14.4. The molecule has 0 heterocycles. The topological polar surface area (TPSA) is 155 Å². The number of aliphatic hydroxyl groups excluding tert-OH is 1. The average Bonchev–Trinajstić information content (AvgIpc) is 3.41. The lowest BCUT2D eigenvalue weighted by Crippen LogP contribution is -2.30. The molecule has 3 atom stereocenters. The van der Waals surface area contributed by atoms with Crippen molar-refractivity contribution in [3.63, 3.8) is 0 Å². The van der Waals surface area contributed by atoms with Crippen molar-refractivity contribution in [3.05, 3.63) is 60.8 Å². The summed E-state index contributed by atoms with van der Waals surface area (Å²) < 4.78 is 39.6. The van der Waals surface area contributed by atoms with Gasteiger partial charge in [0.05, 0.1) is 19.8 Å². The van der Waals surface area contributed by atoms with Gasteiger partial charge in [-0.05, 0) is 83.5 Å². The van der Waals surface area contributed by atoms with E-state index >= 15 is 0 Å². The molecule has 0 rings (SSSR count). The maximum absolute atomic E-state index is 12.9. The maximum atomic E-state index is 12.9. The minimum absolute atomic E-state index is 0.142. The summed E-state index contributed by atoms with van der Waals surface area (Å²) in [5.74, 6) is -1.49. The zero-order valence-corrected chi connectivity index (χ0v) is 49.9. The van der Waals surface area contributed by atoms with Gasteiger partial charge in [0, 0.05) is 19.3 Å². The van der Waals surface area contributed by atoms with Gasteiger partial charge in [-0.3, -0.25) is 23.4 Å². The molecule has 442 valence electrons. The summed E-state index contributed by atoms with van der Waals surface area (Å²) in [6.07, 6.45) is 64.6. The highest BCUT2D eigenvalue weighted by Gasteiger charge is 2.28. The standard InChI is InChI=1S/C64H115O11P/c1-4-7-10-13-16-19-22-25-27-29-30-32-34-37-40-43-46-49-52-55-64(68)75-61(57-71-62(66)53-50-47-44-41-38-36-33-31-28-26-23-20-17-14-11-8-5-2)59-73-76(69,70)72-58-60(56-65)74-63(67)54-51-48-45-42-39-35-24-21-18-15-12-9-6-3/h9,12,17-18,20-21,26,28,35,39,60-61,65H,4-8,10-11,13-16,19,22-25,27,29-34,36-38,40-59H2,1-3H3,(H,69,70)/b12-9-,20-17-,21-18-,28-26-,39-35-. The molecule has 12 heteroatoms. The normalized spacial score (nSPS) is 13.7. The van der Waals surface area contributed by atoms with E-state index in [-0.39, 0.29) is 25.9 Å². The first-order chi connectivity index (χ1) is 37.2. The van der Waals surface area contributed by atoms with Crippen LogP contribution < -0.4 is 0 Å². The van der Waals surface area contributed by atoms with Gasteiger partial charge in [-0.25, -0.2) is 4.57 Å². The monoisotopic (exact) mass is 1090 g/mol. The first-order valence-corrected chi connectivity index (χ1v) is 32.7. The van der Waals surface area contributed by atoms with Gasteiger partial charge in [-0.2, -0.15) is 0 Å². The number of unbranched alkanes of at least 4 members (excludes halogenated alkanes) is 31. The summed E-state index contributed by atoms with van der Waals surface area (Å²) in [4.78, 5) is 48.7. The van der Waals surface area contributed by atoms with E-state index in [2.05, 4.69) is 81.5 Å². The number of phosphoric ester groups is 1. The van der Waals surface area contributed by atoms with E-state index in [1.807, 2.05) is 0 Å². The molecule has 0 radical (unpaired) electrons. The molecule has 3 unspecified atom stereocenters. The van der Waals surface area contributed by atoms with E-state index < -0.39 is 57.8 Å². The second-order valence-corrected chi connectivity index (χ2v) is 22.3. The van der Waals surface area contributed by atoms with Crippen LogP contribution >= 0.6 is 7.82 Å². The first-order valence-electron chi connectivity index (χ1n) is 31.2.